The molecule has 0 saturated heterocycles. The molecule has 0 aliphatic heterocycles. The van der Waals surface area contributed by atoms with E-state index in [1.165, 1.54) is 63.6 Å². The molecule has 0 bridgehead atoms. The van der Waals surface area contributed by atoms with Gasteiger partial charge >= 0.3 is 0 Å². The third kappa shape index (κ3) is 6.16. The number of fused-ring (bicyclic) bond motifs is 7. The Hall–Kier alpha value is -7.79. The normalized spacial score (nSPS) is 11.6. The topological polar surface area (TPSA) is 38.7 Å². The van der Waals surface area contributed by atoms with E-state index in [2.05, 4.69) is 206 Å². The first-order valence-corrected chi connectivity index (χ1v) is 21.4. The van der Waals surface area contributed by atoms with Gasteiger partial charge in [-0.05, 0) is 90.0 Å². The van der Waals surface area contributed by atoms with Crippen molar-refractivity contribution in [3.8, 4) is 67.5 Å². The van der Waals surface area contributed by atoms with E-state index in [9.17, 15) is 0 Å². The molecule has 12 rings (SSSR count). The summed E-state index contributed by atoms with van der Waals surface area (Å²) in [4.78, 5) is 15.5. The minimum atomic E-state index is 0.629. The first kappa shape index (κ1) is 35.2. The Morgan fingerprint density at radius 1 is 0.279 bits per heavy atom. The van der Waals surface area contributed by atoms with Gasteiger partial charge in [0.1, 0.15) is 0 Å². The summed E-state index contributed by atoms with van der Waals surface area (Å²) in [6.45, 7) is 0. The van der Waals surface area contributed by atoms with E-state index in [0.29, 0.717) is 17.5 Å². The summed E-state index contributed by atoms with van der Waals surface area (Å²) in [7, 11) is 0. The van der Waals surface area contributed by atoms with E-state index >= 15 is 0 Å². The van der Waals surface area contributed by atoms with Crippen molar-refractivity contribution >= 4 is 63.8 Å². The Labute approximate surface area is 356 Å². The molecule has 12 aromatic rings. The van der Waals surface area contributed by atoms with Gasteiger partial charge < -0.3 is 0 Å². The third-order valence-electron chi connectivity index (χ3n) is 11.9. The molecule has 0 aliphatic carbocycles. The average molecular weight is 794 g/mol. The zero-order chi connectivity index (χ0) is 40.3. The van der Waals surface area contributed by atoms with Crippen molar-refractivity contribution < 1.29 is 0 Å². The van der Waals surface area contributed by atoms with Crippen LogP contribution in [0.2, 0.25) is 0 Å². The summed E-state index contributed by atoms with van der Waals surface area (Å²) in [5.74, 6) is 1.89. The van der Waals surface area contributed by atoms with Crippen LogP contribution in [0.25, 0.3) is 120 Å². The number of rotatable bonds is 6. The molecule has 61 heavy (non-hydrogen) atoms. The maximum Gasteiger partial charge on any atom is 0.164 e. The van der Waals surface area contributed by atoms with Crippen LogP contribution in [0.15, 0.2) is 212 Å². The van der Waals surface area contributed by atoms with Crippen molar-refractivity contribution in [1.29, 1.82) is 0 Å². The van der Waals surface area contributed by atoms with Gasteiger partial charge in [-0.1, -0.05) is 188 Å². The van der Waals surface area contributed by atoms with Gasteiger partial charge in [0, 0.05) is 36.9 Å². The Morgan fingerprint density at radius 3 is 1.61 bits per heavy atom. The SMILES string of the molecule is c1ccc(-c2cccc(-c3nc(-c4ccc(-c5c6ccccc6cc6c5ccc5ccccc56)cc4)nc(-c4ccc(-c5cccc6sc7ccccc7c56)cc4)n3)c2)cc1. The van der Waals surface area contributed by atoms with Gasteiger partial charge in [0.25, 0.3) is 0 Å². The summed E-state index contributed by atoms with van der Waals surface area (Å²) < 4.78 is 2.59. The summed E-state index contributed by atoms with van der Waals surface area (Å²) >= 11 is 1.84. The van der Waals surface area contributed by atoms with Crippen LogP contribution in [0.5, 0.6) is 0 Å². The van der Waals surface area contributed by atoms with Gasteiger partial charge in [0.05, 0.1) is 0 Å². The lowest BCUT2D eigenvalue weighted by atomic mass is 9.89. The molecule has 0 atom stereocenters. The maximum atomic E-state index is 5.18. The number of hydrogen-bond donors (Lipinski definition) is 0. The summed E-state index contributed by atoms with van der Waals surface area (Å²) in [5.41, 5.74) is 9.81. The van der Waals surface area contributed by atoms with E-state index in [1.54, 1.807) is 0 Å². The van der Waals surface area contributed by atoms with Crippen LogP contribution in [-0.4, -0.2) is 15.0 Å². The molecule has 0 aliphatic rings. The van der Waals surface area contributed by atoms with Gasteiger partial charge in [-0.2, -0.15) is 0 Å². The van der Waals surface area contributed by atoms with Crippen LogP contribution in [0.4, 0.5) is 0 Å². The van der Waals surface area contributed by atoms with E-state index in [1.807, 2.05) is 17.4 Å². The molecule has 10 aromatic carbocycles. The molecule has 0 amide bonds. The van der Waals surface area contributed by atoms with Crippen molar-refractivity contribution in [2.75, 3.05) is 0 Å². The highest BCUT2D eigenvalue weighted by atomic mass is 32.1. The van der Waals surface area contributed by atoms with Crippen LogP contribution in [0.1, 0.15) is 0 Å². The zero-order valence-corrected chi connectivity index (χ0v) is 33.8. The number of benzene rings is 10. The Balaban J connectivity index is 0.985. The monoisotopic (exact) mass is 793 g/mol. The highest BCUT2D eigenvalue weighted by molar-refractivity contribution is 7.25. The number of nitrogens with zero attached hydrogens (tertiary/aromatic N) is 3. The molecule has 0 spiro atoms. The van der Waals surface area contributed by atoms with Crippen molar-refractivity contribution in [3.05, 3.63) is 212 Å². The molecule has 0 radical (unpaired) electrons. The van der Waals surface area contributed by atoms with Crippen LogP contribution in [0.3, 0.4) is 0 Å². The van der Waals surface area contributed by atoms with Crippen molar-refractivity contribution in [3.63, 3.8) is 0 Å². The molecule has 3 nitrogen and oxygen atoms in total. The molecule has 0 fully saturated rings. The molecule has 0 N–H and O–H groups in total. The fraction of sp³-hybridized carbons (Fsp3) is 0. The van der Waals surface area contributed by atoms with Gasteiger partial charge in [-0.15, -0.1) is 11.3 Å². The van der Waals surface area contributed by atoms with Crippen LogP contribution in [0, 0.1) is 0 Å². The zero-order valence-electron chi connectivity index (χ0n) is 33.0. The predicted molar refractivity (Wildman–Crippen MR) is 258 cm³/mol. The summed E-state index contributed by atoms with van der Waals surface area (Å²) in [6, 6.07) is 75.8. The number of thiophene rings is 1. The number of hydrogen-bond acceptors (Lipinski definition) is 4. The number of aromatic nitrogens is 3. The third-order valence-corrected chi connectivity index (χ3v) is 13.1. The lowest BCUT2D eigenvalue weighted by molar-refractivity contribution is 1.07. The fourth-order valence-corrected chi connectivity index (χ4v) is 10.1. The minimum Gasteiger partial charge on any atom is -0.208 e. The van der Waals surface area contributed by atoms with E-state index < -0.39 is 0 Å². The van der Waals surface area contributed by atoms with Gasteiger partial charge in [0.15, 0.2) is 17.5 Å². The summed E-state index contributed by atoms with van der Waals surface area (Å²) in [6.07, 6.45) is 0. The van der Waals surface area contributed by atoms with E-state index in [4.69, 9.17) is 15.0 Å². The van der Waals surface area contributed by atoms with Crippen LogP contribution in [-0.2, 0) is 0 Å². The van der Waals surface area contributed by atoms with Gasteiger partial charge in [-0.25, -0.2) is 15.0 Å². The van der Waals surface area contributed by atoms with Crippen molar-refractivity contribution in [2.24, 2.45) is 0 Å². The molecule has 4 heteroatoms. The Morgan fingerprint density at radius 2 is 0.836 bits per heavy atom. The minimum absolute atomic E-state index is 0.629. The lowest BCUT2D eigenvalue weighted by Crippen LogP contribution is -2.00. The Kier molecular flexibility index (Phi) is 8.36. The highest BCUT2D eigenvalue weighted by Crippen LogP contribution is 2.42. The Bertz CT molecular complexity index is 3630. The molecular weight excluding hydrogens is 759 g/mol. The predicted octanol–water partition coefficient (Wildman–Crippen LogP) is 15.7. The highest BCUT2D eigenvalue weighted by Gasteiger charge is 2.17. The molecule has 2 heterocycles. The van der Waals surface area contributed by atoms with Crippen molar-refractivity contribution in [1.82, 2.24) is 15.0 Å². The second-order valence-electron chi connectivity index (χ2n) is 15.5. The second-order valence-corrected chi connectivity index (χ2v) is 16.6. The van der Waals surface area contributed by atoms with Crippen molar-refractivity contribution in [2.45, 2.75) is 0 Å². The molecule has 284 valence electrons. The molecular formula is C57H35N3S. The van der Waals surface area contributed by atoms with Gasteiger partial charge in [-0.3, -0.25) is 0 Å². The van der Waals surface area contributed by atoms with Crippen LogP contribution < -0.4 is 0 Å². The lowest BCUT2D eigenvalue weighted by Gasteiger charge is -2.14. The summed E-state index contributed by atoms with van der Waals surface area (Å²) in [5, 5.41) is 10.0. The first-order valence-electron chi connectivity index (χ1n) is 20.6. The molecule has 2 aromatic heterocycles. The smallest absolute Gasteiger partial charge is 0.164 e. The molecule has 0 unspecified atom stereocenters. The standard InChI is InChI=1S/C57H35N3S/c1-2-12-36(13-3-1)42-16-10-17-44(34-42)57-59-55(40-28-24-38(25-29-40)46-21-11-23-52-54(46)49-20-8-9-22-51(49)61-52)58-56(60-57)41-30-26-39(27-31-41)53-47-19-7-5-15-43(47)35-50-45-18-6-4-14-37(45)32-33-48(50)53/h1-35H. The van der Waals surface area contributed by atoms with Gasteiger partial charge in [0.2, 0.25) is 0 Å². The second kappa shape index (κ2) is 14.5. The first-order chi connectivity index (χ1) is 30.2. The maximum absolute atomic E-state index is 5.18. The van der Waals surface area contributed by atoms with Crippen LogP contribution >= 0.6 is 11.3 Å². The van der Waals surface area contributed by atoms with E-state index in [-0.39, 0.29) is 0 Å². The average Bonchev–Trinajstić information content (AvgIpc) is 3.73. The fourth-order valence-electron chi connectivity index (χ4n) is 8.96. The molecule has 0 saturated carbocycles. The quantitative estimate of drug-likeness (QED) is 0.124. The van der Waals surface area contributed by atoms with E-state index in [0.717, 1.165) is 38.9 Å². The largest absolute Gasteiger partial charge is 0.208 e.